The fourth-order valence-electron chi connectivity index (χ4n) is 0.498. The smallest absolute Gasteiger partial charge is 0.118 e. The molecule has 0 aliphatic heterocycles. The Morgan fingerprint density at radius 1 is 1.33 bits per heavy atom. The summed E-state index contributed by atoms with van der Waals surface area (Å²) in [5, 5.41) is 7.10. The summed E-state index contributed by atoms with van der Waals surface area (Å²) >= 11 is 0. The number of amidine groups is 1. The molecule has 0 unspecified atom stereocenters. The molecule has 0 fully saturated rings. The Balaban J connectivity index is 4.38. The Labute approximate surface area is 73.6 Å². The van der Waals surface area contributed by atoms with Crippen molar-refractivity contribution in [3.05, 3.63) is 23.3 Å². The average molecular weight is 167 g/mol. The van der Waals surface area contributed by atoms with Crippen LogP contribution in [0, 0.1) is 5.41 Å². The molecule has 0 amide bonds. The van der Waals surface area contributed by atoms with Crippen molar-refractivity contribution >= 4 is 5.84 Å². The van der Waals surface area contributed by atoms with E-state index in [0.717, 1.165) is 11.1 Å². The Bertz CT molecular complexity index is 224. The van der Waals surface area contributed by atoms with Crippen molar-refractivity contribution in [2.45, 2.75) is 26.8 Å². The lowest BCUT2D eigenvalue weighted by molar-refractivity contribution is 0.861. The maximum absolute atomic E-state index is 7.10. The monoisotopic (exact) mass is 167 g/mol. The highest BCUT2D eigenvalue weighted by Gasteiger charge is 1.94. The fraction of sp³-hybridized carbons (Fsp3) is 0.444. The van der Waals surface area contributed by atoms with Gasteiger partial charge in [0.25, 0.3) is 0 Å². The Morgan fingerprint density at radius 3 is 2.17 bits per heavy atom. The van der Waals surface area contributed by atoms with Gasteiger partial charge in [0.05, 0.1) is 0 Å². The summed E-state index contributed by atoms with van der Waals surface area (Å²) in [7, 11) is 0. The fourth-order valence-corrected chi connectivity index (χ4v) is 0.498. The van der Waals surface area contributed by atoms with E-state index in [1.807, 2.05) is 19.9 Å². The van der Waals surface area contributed by atoms with Gasteiger partial charge in [0, 0.05) is 6.04 Å². The number of allylic oxidation sites excluding steroid dienone is 2. The highest BCUT2D eigenvalue weighted by molar-refractivity contribution is 5.93. The van der Waals surface area contributed by atoms with E-state index in [2.05, 4.69) is 0 Å². The summed E-state index contributed by atoms with van der Waals surface area (Å²) in [5.41, 5.74) is 12.7. The van der Waals surface area contributed by atoms with E-state index in [1.165, 1.54) is 0 Å². The van der Waals surface area contributed by atoms with Crippen LogP contribution in [0.2, 0.25) is 0 Å². The second kappa shape index (κ2) is 4.72. The van der Waals surface area contributed by atoms with Gasteiger partial charge in [-0.3, -0.25) is 5.41 Å². The molecular weight excluding hydrogens is 150 g/mol. The normalized spacial score (nSPS) is 16.0. The highest BCUT2D eigenvalue weighted by Crippen LogP contribution is 2.00. The Morgan fingerprint density at radius 2 is 1.83 bits per heavy atom. The molecule has 12 heavy (non-hydrogen) atoms. The van der Waals surface area contributed by atoms with Gasteiger partial charge in [-0.2, -0.15) is 0 Å². The summed E-state index contributed by atoms with van der Waals surface area (Å²) in [4.78, 5) is 0. The predicted octanol–water partition coefficient (Wildman–Crippen LogP) is 1.16. The molecule has 5 N–H and O–H groups in total. The zero-order chi connectivity index (χ0) is 9.72. The molecule has 3 heteroatoms. The van der Waals surface area contributed by atoms with Gasteiger partial charge in [-0.05, 0) is 26.3 Å². The second-order valence-electron chi connectivity index (χ2n) is 2.96. The van der Waals surface area contributed by atoms with Crippen LogP contribution in [0.3, 0.4) is 0 Å². The van der Waals surface area contributed by atoms with Crippen LogP contribution in [0.4, 0.5) is 0 Å². The molecule has 0 aliphatic carbocycles. The topological polar surface area (TPSA) is 75.9 Å². The van der Waals surface area contributed by atoms with Crippen molar-refractivity contribution in [3.63, 3.8) is 0 Å². The number of hydrogen-bond donors (Lipinski definition) is 3. The molecule has 0 saturated heterocycles. The molecule has 1 atom stereocenters. The second-order valence-corrected chi connectivity index (χ2v) is 2.96. The van der Waals surface area contributed by atoms with E-state index in [-0.39, 0.29) is 11.9 Å². The van der Waals surface area contributed by atoms with Crippen LogP contribution in [-0.2, 0) is 0 Å². The molecule has 0 aliphatic rings. The van der Waals surface area contributed by atoms with E-state index in [9.17, 15) is 0 Å². The van der Waals surface area contributed by atoms with E-state index in [0.29, 0.717) is 0 Å². The van der Waals surface area contributed by atoms with Crippen LogP contribution in [0.25, 0.3) is 0 Å². The standard InChI is InChI=1S/C9H17N3/c1-6(8(3)10)4-5-7(2)9(11)12/h4-5,8H,10H2,1-3H3,(H3,11,12)/b6-4+,7-5+/t8-/m0/s1. The van der Waals surface area contributed by atoms with Crippen LogP contribution in [0.1, 0.15) is 20.8 Å². The number of nitrogens with one attached hydrogen (secondary N) is 1. The van der Waals surface area contributed by atoms with Gasteiger partial charge in [0.1, 0.15) is 5.84 Å². The Hall–Kier alpha value is -1.09. The first-order chi connectivity index (χ1) is 5.45. The summed E-state index contributed by atoms with van der Waals surface area (Å²) < 4.78 is 0. The SMILES string of the molecule is C/C(=C\C=C(/C)[C@H](C)N)C(=N)N. The molecule has 0 bridgehead atoms. The molecule has 0 heterocycles. The van der Waals surface area contributed by atoms with E-state index in [4.69, 9.17) is 16.9 Å². The van der Waals surface area contributed by atoms with E-state index >= 15 is 0 Å². The summed E-state index contributed by atoms with van der Waals surface area (Å²) in [6, 6.07) is 0.0565. The Kier molecular flexibility index (Phi) is 4.29. The largest absolute Gasteiger partial charge is 0.384 e. The van der Waals surface area contributed by atoms with Crippen LogP contribution < -0.4 is 11.5 Å². The van der Waals surface area contributed by atoms with Gasteiger partial charge in [0.15, 0.2) is 0 Å². The molecule has 0 spiro atoms. The first kappa shape index (κ1) is 10.9. The van der Waals surface area contributed by atoms with Crippen LogP contribution in [0.5, 0.6) is 0 Å². The molecular formula is C9H17N3. The molecule has 0 aromatic carbocycles. The zero-order valence-electron chi connectivity index (χ0n) is 7.89. The third-order valence-electron chi connectivity index (χ3n) is 1.74. The van der Waals surface area contributed by atoms with Gasteiger partial charge in [-0.15, -0.1) is 0 Å². The third-order valence-corrected chi connectivity index (χ3v) is 1.74. The zero-order valence-corrected chi connectivity index (χ0v) is 7.89. The van der Waals surface area contributed by atoms with Gasteiger partial charge in [0.2, 0.25) is 0 Å². The summed E-state index contributed by atoms with van der Waals surface area (Å²) in [5.74, 6) is 0.101. The van der Waals surface area contributed by atoms with E-state index < -0.39 is 0 Å². The summed E-state index contributed by atoms with van der Waals surface area (Å²) in [6.07, 6.45) is 3.70. The molecule has 68 valence electrons. The number of hydrogen-bond acceptors (Lipinski definition) is 2. The lowest BCUT2D eigenvalue weighted by Crippen LogP contribution is -2.16. The van der Waals surface area contributed by atoms with Crippen LogP contribution in [0.15, 0.2) is 23.3 Å². The third kappa shape index (κ3) is 3.93. The van der Waals surface area contributed by atoms with Gasteiger partial charge in [-0.1, -0.05) is 17.7 Å². The van der Waals surface area contributed by atoms with Crippen molar-refractivity contribution in [1.29, 1.82) is 5.41 Å². The first-order valence-corrected chi connectivity index (χ1v) is 3.90. The average Bonchev–Trinajstić information content (AvgIpc) is 1.98. The van der Waals surface area contributed by atoms with Gasteiger partial charge < -0.3 is 11.5 Å². The van der Waals surface area contributed by atoms with Gasteiger partial charge in [-0.25, -0.2) is 0 Å². The lowest BCUT2D eigenvalue weighted by atomic mass is 10.1. The minimum absolute atomic E-state index is 0.0565. The van der Waals surface area contributed by atoms with Crippen molar-refractivity contribution in [2.24, 2.45) is 11.5 Å². The maximum Gasteiger partial charge on any atom is 0.118 e. The maximum atomic E-state index is 7.10. The van der Waals surface area contributed by atoms with Crippen molar-refractivity contribution in [3.8, 4) is 0 Å². The minimum Gasteiger partial charge on any atom is -0.384 e. The van der Waals surface area contributed by atoms with E-state index in [1.54, 1.807) is 13.0 Å². The molecule has 0 saturated carbocycles. The van der Waals surface area contributed by atoms with Crippen molar-refractivity contribution < 1.29 is 0 Å². The predicted molar refractivity (Wildman–Crippen MR) is 53.1 cm³/mol. The molecule has 3 nitrogen and oxygen atoms in total. The first-order valence-electron chi connectivity index (χ1n) is 3.90. The molecule has 0 rings (SSSR count). The van der Waals surface area contributed by atoms with Crippen molar-refractivity contribution in [1.82, 2.24) is 0 Å². The van der Waals surface area contributed by atoms with Gasteiger partial charge >= 0.3 is 0 Å². The summed E-state index contributed by atoms with van der Waals surface area (Å²) in [6.45, 7) is 5.67. The molecule has 0 aromatic heterocycles. The lowest BCUT2D eigenvalue weighted by Gasteiger charge is -2.03. The molecule has 0 aromatic rings. The van der Waals surface area contributed by atoms with Crippen LogP contribution in [-0.4, -0.2) is 11.9 Å². The quantitative estimate of drug-likeness (QED) is 0.335. The van der Waals surface area contributed by atoms with Crippen molar-refractivity contribution in [2.75, 3.05) is 0 Å². The molecule has 0 radical (unpaired) electrons. The highest BCUT2D eigenvalue weighted by atomic mass is 14.7. The minimum atomic E-state index is 0.0565. The van der Waals surface area contributed by atoms with Crippen LogP contribution >= 0.6 is 0 Å². The number of rotatable bonds is 3. The number of nitrogens with two attached hydrogens (primary N) is 2.